The molecule has 1 aliphatic carbocycles. The van der Waals surface area contributed by atoms with Gasteiger partial charge in [-0.3, -0.25) is 4.79 Å². The van der Waals surface area contributed by atoms with E-state index in [4.69, 9.17) is 10.5 Å². The van der Waals surface area contributed by atoms with E-state index in [0.29, 0.717) is 12.5 Å². The van der Waals surface area contributed by atoms with Crippen LogP contribution in [0.25, 0.3) is 0 Å². The number of carbonyl (C=O) groups excluding carboxylic acids is 1. The Labute approximate surface area is 148 Å². The average Bonchev–Trinajstić information content (AvgIpc) is 3.39. The number of methoxy groups -OCH3 is 1. The lowest BCUT2D eigenvalue weighted by Crippen LogP contribution is -2.53. The first kappa shape index (κ1) is 20.7. The number of hydrogen-bond donors (Lipinski definition) is 3. The van der Waals surface area contributed by atoms with Crippen molar-refractivity contribution in [2.45, 2.75) is 30.2 Å². The van der Waals surface area contributed by atoms with E-state index in [1.807, 2.05) is 6.92 Å². The summed E-state index contributed by atoms with van der Waals surface area (Å²) in [6, 6.07) is 4.31. The van der Waals surface area contributed by atoms with E-state index in [1.54, 1.807) is 0 Å². The number of sulfonamides is 1. The molecular formula is C15H24ClN3O4S. The molecule has 2 rings (SSSR count). The van der Waals surface area contributed by atoms with Gasteiger partial charge in [-0.25, -0.2) is 13.1 Å². The van der Waals surface area contributed by atoms with E-state index in [9.17, 15) is 13.2 Å². The van der Waals surface area contributed by atoms with Gasteiger partial charge >= 0.3 is 0 Å². The van der Waals surface area contributed by atoms with Crippen molar-refractivity contribution < 1.29 is 17.9 Å². The van der Waals surface area contributed by atoms with Crippen LogP contribution in [0.4, 0.5) is 0 Å². The normalized spacial score (nSPS) is 16.7. The molecule has 0 aromatic heterocycles. The first-order chi connectivity index (χ1) is 10.8. The Kier molecular flexibility index (Phi) is 6.63. The Morgan fingerprint density at radius 2 is 2.04 bits per heavy atom. The molecule has 0 bridgehead atoms. The molecule has 24 heavy (non-hydrogen) atoms. The van der Waals surface area contributed by atoms with Gasteiger partial charge in [-0.15, -0.1) is 12.4 Å². The molecule has 1 fully saturated rings. The number of nitrogens with one attached hydrogen (secondary N) is 2. The van der Waals surface area contributed by atoms with Crippen molar-refractivity contribution in [1.82, 2.24) is 10.0 Å². The molecule has 0 saturated heterocycles. The van der Waals surface area contributed by atoms with Crippen molar-refractivity contribution in [3.05, 3.63) is 23.8 Å². The van der Waals surface area contributed by atoms with E-state index in [2.05, 4.69) is 10.0 Å². The van der Waals surface area contributed by atoms with Crippen molar-refractivity contribution in [2.75, 3.05) is 20.7 Å². The molecule has 1 aromatic rings. The number of carbonyl (C=O) groups is 1. The van der Waals surface area contributed by atoms with E-state index in [1.165, 1.54) is 32.4 Å². The third-order valence-electron chi connectivity index (χ3n) is 4.29. The van der Waals surface area contributed by atoms with E-state index in [-0.39, 0.29) is 34.5 Å². The highest BCUT2D eigenvalue weighted by Gasteiger charge is 2.41. The van der Waals surface area contributed by atoms with Crippen LogP contribution >= 0.6 is 12.4 Å². The minimum atomic E-state index is -3.73. The van der Waals surface area contributed by atoms with E-state index >= 15 is 0 Å². The van der Waals surface area contributed by atoms with Crippen LogP contribution in [0.1, 0.15) is 30.1 Å². The number of rotatable bonds is 7. The van der Waals surface area contributed by atoms with Crippen LogP contribution in [-0.4, -0.2) is 40.6 Å². The first-order valence-corrected chi connectivity index (χ1v) is 8.90. The Hall–Kier alpha value is -1.35. The Bertz CT molecular complexity index is 707. The molecular weight excluding hydrogens is 354 g/mol. The molecule has 1 atom stereocenters. The van der Waals surface area contributed by atoms with Crippen molar-refractivity contribution in [3.63, 3.8) is 0 Å². The number of nitrogens with two attached hydrogens (primary N) is 1. The summed E-state index contributed by atoms with van der Waals surface area (Å²) in [5.41, 5.74) is 5.58. The lowest BCUT2D eigenvalue weighted by Gasteiger charge is -2.29. The SMILES string of the molecule is CNS(=O)(=O)c1cc(C(=O)NC(C)(CN)C2CC2)ccc1OC.Cl. The van der Waals surface area contributed by atoms with Gasteiger partial charge in [0.05, 0.1) is 12.6 Å². The summed E-state index contributed by atoms with van der Waals surface area (Å²) in [6.07, 6.45) is 2.08. The lowest BCUT2D eigenvalue weighted by molar-refractivity contribution is 0.0897. The predicted octanol–water partition coefficient (Wildman–Crippen LogP) is 0.882. The summed E-state index contributed by atoms with van der Waals surface area (Å²) in [5, 5.41) is 2.94. The molecule has 0 radical (unpaired) electrons. The highest BCUT2D eigenvalue weighted by atomic mass is 35.5. The Morgan fingerprint density at radius 1 is 1.42 bits per heavy atom. The van der Waals surface area contributed by atoms with Crippen LogP contribution in [0, 0.1) is 5.92 Å². The fraction of sp³-hybridized carbons (Fsp3) is 0.533. The molecule has 7 nitrogen and oxygen atoms in total. The molecule has 136 valence electrons. The molecule has 4 N–H and O–H groups in total. The average molecular weight is 378 g/mol. The molecule has 0 heterocycles. The highest BCUT2D eigenvalue weighted by Crippen LogP contribution is 2.39. The van der Waals surface area contributed by atoms with Crippen LogP contribution in [0.2, 0.25) is 0 Å². The van der Waals surface area contributed by atoms with Crippen molar-refractivity contribution in [3.8, 4) is 5.75 Å². The largest absolute Gasteiger partial charge is 0.495 e. The number of hydrogen-bond acceptors (Lipinski definition) is 5. The molecule has 1 aromatic carbocycles. The van der Waals surface area contributed by atoms with E-state index < -0.39 is 15.6 Å². The van der Waals surface area contributed by atoms with Crippen LogP contribution in [0.15, 0.2) is 23.1 Å². The van der Waals surface area contributed by atoms with Crippen molar-refractivity contribution in [2.24, 2.45) is 11.7 Å². The zero-order valence-electron chi connectivity index (χ0n) is 14.0. The van der Waals surface area contributed by atoms with Gasteiger partial charge in [0.25, 0.3) is 5.91 Å². The molecule has 1 amide bonds. The Morgan fingerprint density at radius 3 is 2.50 bits per heavy atom. The van der Waals surface area contributed by atoms with Crippen LogP contribution in [0.3, 0.4) is 0 Å². The summed E-state index contributed by atoms with van der Waals surface area (Å²) in [7, 11) is -1.05. The minimum absolute atomic E-state index is 0. The number of halogens is 1. The van der Waals surface area contributed by atoms with Gasteiger partial charge in [-0.2, -0.15) is 0 Å². The summed E-state index contributed by atoms with van der Waals surface area (Å²) in [5.74, 6) is 0.204. The smallest absolute Gasteiger partial charge is 0.251 e. The zero-order chi connectivity index (χ0) is 17.3. The molecule has 1 aliphatic rings. The fourth-order valence-corrected chi connectivity index (χ4v) is 3.43. The standard InChI is InChI=1S/C15H23N3O4S.ClH/c1-15(9-16,11-5-6-11)18-14(19)10-4-7-12(22-3)13(8-10)23(20,21)17-2;/h4,7-8,11,17H,5-6,9,16H2,1-3H3,(H,18,19);1H. The number of ether oxygens (including phenoxy) is 1. The quantitative estimate of drug-likeness (QED) is 0.653. The topological polar surface area (TPSA) is 111 Å². The zero-order valence-corrected chi connectivity index (χ0v) is 15.6. The van der Waals surface area contributed by atoms with Crippen molar-refractivity contribution in [1.29, 1.82) is 0 Å². The fourth-order valence-electron chi connectivity index (χ4n) is 2.51. The second-order valence-corrected chi connectivity index (χ2v) is 7.78. The third kappa shape index (κ3) is 4.18. The summed E-state index contributed by atoms with van der Waals surface area (Å²) in [6.45, 7) is 2.25. The highest BCUT2D eigenvalue weighted by molar-refractivity contribution is 7.89. The van der Waals surface area contributed by atoms with Gasteiger partial charge in [0.2, 0.25) is 10.0 Å². The summed E-state index contributed by atoms with van der Waals surface area (Å²) >= 11 is 0. The van der Waals surface area contributed by atoms with Gasteiger partial charge in [0.15, 0.2) is 0 Å². The molecule has 1 saturated carbocycles. The number of benzene rings is 1. The van der Waals surface area contributed by atoms with Gasteiger partial charge in [-0.05, 0) is 50.9 Å². The predicted molar refractivity (Wildman–Crippen MR) is 94.1 cm³/mol. The second kappa shape index (κ2) is 7.69. The first-order valence-electron chi connectivity index (χ1n) is 7.41. The minimum Gasteiger partial charge on any atom is -0.495 e. The van der Waals surface area contributed by atoms with Crippen LogP contribution < -0.4 is 20.5 Å². The summed E-state index contributed by atoms with van der Waals surface area (Å²) < 4.78 is 31.4. The van der Waals surface area contributed by atoms with E-state index in [0.717, 1.165) is 12.8 Å². The third-order valence-corrected chi connectivity index (χ3v) is 5.72. The van der Waals surface area contributed by atoms with Crippen LogP contribution in [0.5, 0.6) is 5.75 Å². The summed E-state index contributed by atoms with van der Waals surface area (Å²) in [4.78, 5) is 12.4. The maximum Gasteiger partial charge on any atom is 0.251 e. The van der Waals surface area contributed by atoms with Gasteiger partial charge in [0, 0.05) is 12.1 Å². The molecule has 9 heteroatoms. The van der Waals surface area contributed by atoms with Gasteiger partial charge in [0.1, 0.15) is 10.6 Å². The number of amides is 1. The van der Waals surface area contributed by atoms with Gasteiger partial charge < -0.3 is 15.8 Å². The van der Waals surface area contributed by atoms with Crippen LogP contribution in [-0.2, 0) is 10.0 Å². The van der Waals surface area contributed by atoms with Crippen molar-refractivity contribution >= 4 is 28.3 Å². The lowest BCUT2D eigenvalue weighted by atomic mass is 9.95. The molecule has 0 spiro atoms. The van der Waals surface area contributed by atoms with Gasteiger partial charge in [-0.1, -0.05) is 0 Å². The maximum absolute atomic E-state index is 12.5. The second-order valence-electron chi connectivity index (χ2n) is 5.92. The Balaban J connectivity index is 0.00000288. The maximum atomic E-state index is 12.5. The monoisotopic (exact) mass is 377 g/mol. The molecule has 1 unspecified atom stereocenters. The molecule has 0 aliphatic heterocycles.